The van der Waals surface area contributed by atoms with Gasteiger partial charge in [-0.15, -0.1) is 11.6 Å². The van der Waals surface area contributed by atoms with E-state index in [0.29, 0.717) is 17.4 Å². The molecular weight excluding hydrogens is 270 g/mol. The van der Waals surface area contributed by atoms with Crippen molar-refractivity contribution in [1.29, 1.82) is 0 Å². The van der Waals surface area contributed by atoms with Crippen molar-refractivity contribution in [2.24, 2.45) is 5.92 Å². The molecule has 0 heterocycles. The minimum Gasteiger partial charge on any atom is -0.384 e. The van der Waals surface area contributed by atoms with Crippen LogP contribution in [0.3, 0.4) is 0 Å². The normalized spacial score (nSPS) is 13.6. The van der Waals surface area contributed by atoms with Crippen LogP contribution in [0.4, 0.5) is 5.69 Å². The Morgan fingerprint density at radius 3 is 2.22 bits per heavy atom. The molecule has 1 unspecified atom stereocenters. The Hall–Kier alpha value is -0.740. The topological polar surface area (TPSA) is 46.2 Å². The number of anilines is 1. The second-order valence-corrected chi connectivity index (χ2v) is 7.41. The van der Waals surface area contributed by atoms with Crippen molar-refractivity contribution in [2.45, 2.75) is 31.0 Å². The number of alkyl halides is 1. The van der Waals surface area contributed by atoms with E-state index in [0.717, 1.165) is 5.69 Å². The van der Waals surface area contributed by atoms with Gasteiger partial charge in [-0.1, -0.05) is 20.8 Å². The smallest absolute Gasteiger partial charge is 0.178 e. The van der Waals surface area contributed by atoms with Crippen molar-refractivity contribution in [3.05, 3.63) is 24.3 Å². The van der Waals surface area contributed by atoms with E-state index in [2.05, 4.69) is 19.2 Å². The summed E-state index contributed by atoms with van der Waals surface area (Å²) < 4.78 is 23.3. The van der Waals surface area contributed by atoms with Crippen LogP contribution < -0.4 is 5.32 Å². The average molecular weight is 290 g/mol. The van der Waals surface area contributed by atoms with Gasteiger partial charge in [-0.2, -0.15) is 0 Å². The fraction of sp³-hybridized carbons (Fsp3) is 0.538. The van der Waals surface area contributed by atoms with Crippen molar-refractivity contribution in [3.63, 3.8) is 0 Å². The van der Waals surface area contributed by atoms with E-state index in [1.807, 2.05) is 0 Å². The molecule has 18 heavy (non-hydrogen) atoms. The quantitative estimate of drug-likeness (QED) is 0.818. The molecule has 1 atom stereocenters. The predicted molar refractivity (Wildman–Crippen MR) is 77.1 cm³/mol. The number of sulfone groups is 1. The van der Waals surface area contributed by atoms with Gasteiger partial charge in [0.2, 0.25) is 0 Å². The molecule has 0 aromatic heterocycles. The molecule has 0 amide bonds. The fourth-order valence-electron chi connectivity index (χ4n) is 1.40. The first kappa shape index (κ1) is 15.3. The summed E-state index contributed by atoms with van der Waals surface area (Å²) in [6.07, 6.45) is 0. The number of halogens is 1. The lowest BCUT2D eigenvalue weighted by atomic mass is 10.1. The number of hydrogen-bond acceptors (Lipinski definition) is 3. The minimum atomic E-state index is -3.11. The number of rotatable bonds is 6. The van der Waals surface area contributed by atoms with Crippen LogP contribution in [0, 0.1) is 5.92 Å². The van der Waals surface area contributed by atoms with Crippen LogP contribution in [0.2, 0.25) is 0 Å². The molecule has 0 bridgehead atoms. The molecule has 5 heteroatoms. The zero-order chi connectivity index (χ0) is 13.8. The van der Waals surface area contributed by atoms with Gasteiger partial charge >= 0.3 is 0 Å². The predicted octanol–water partition coefficient (Wildman–Crippen LogP) is 3.16. The molecule has 0 spiro atoms. The molecule has 0 aliphatic carbocycles. The van der Waals surface area contributed by atoms with Gasteiger partial charge in [-0.05, 0) is 30.2 Å². The highest BCUT2D eigenvalue weighted by Crippen LogP contribution is 2.16. The van der Waals surface area contributed by atoms with E-state index in [1.54, 1.807) is 31.2 Å². The van der Waals surface area contributed by atoms with Crippen LogP contribution in [0.5, 0.6) is 0 Å². The third-order valence-corrected chi connectivity index (χ3v) is 5.23. The van der Waals surface area contributed by atoms with Gasteiger partial charge in [0.1, 0.15) is 0 Å². The summed E-state index contributed by atoms with van der Waals surface area (Å²) in [6.45, 7) is 6.44. The second-order valence-electron chi connectivity index (χ2n) is 4.57. The first-order valence-corrected chi connectivity index (χ1v) is 8.16. The Labute approximate surface area is 114 Å². The van der Waals surface area contributed by atoms with E-state index in [-0.39, 0.29) is 11.1 Å². The highest BCUT2D eigenvalue weighted by molar-refractivity contribution is 7.91. The molecule has 1 N–H and O–H groups in total. The summed E-state index contributed by atoms with van der Waals surface area (Å²) in [5, 5.41) is 3.25. The monoisotopic (exact) mass is 289 g/mol. The molecule has 0 aliphatic heterocycles. The zero-order valence-electron chi connectivity index (χ0n) is 11.0. The highest BCUT2D eigenvalue weighted by atomic mass is 35.5. The molecule has 0 fully saturated rings. The lowest BCUT2D eigenvalue weighted by molar-refractivity contribution is 0.597. The molecule has 0 saturated carbocycles. The molecular formula is C13H20ClNO2S. The van der Waals surface area contributed by atoms with E-state index >= 15 is 0 Å². The van der Waals surface area contributed by atoms with Gasteiger partial charge in [0.15, 0.2) is 9.84 Å². The molecule has 102 valence electrons. The van der Waals surface area contributed by atoms with Gasteiger partial charge in [0.25, 0.3) is 0 Å². The molecule has 1 aromatic rings. The fourth-order valence-corrected chi connectivity index (χ4v) is 2.36. The largest absolute Gasteiger partial charge is 0.384 e. The third-order valence-electron chi connectivity index (χ3n) is 2.82. The maximum Gasteiger partial charge on any atom is 0.178 e. The summed E-state index contributed by atoms with van der Waals surface area (Å²) in [5.41, 5.74) is 0.886. The van der Waals surface area contributed by atoms with Crippen LogP contribution in [0.15, 0.2) is 29.2 Å². The SMILES string of the molecule is CCS(=O)(=O)c1ccc(NCC(Cl)C(C)C)cc1. The number of hydrogen-bond donors (Lipinski definition) is 1. The van der Waals surface area contributed by atoms with Gasteiger partial charge < -0.3 is 5.32 Å². The minimum absolute atomic E-state index is 0.0593. The van der Waals surface area contributed by atoms with Gasteiger partial charge in [-0.25, -0.2) is 8.42 Å². The van der Waals surface area contributed by atoms with Crippen molar-refractivity contribution in [2.75, 3.05) is 17.6 Å². The number of nitrogens with one attached hydrogen (secondary N) is 1. The highest BCUT2D eigenvalue weighted by Gasteiger charge is 2.11. The van der Waals surface area contributed by atoms with Crippen LogP contribution >= 0.6 is 11.6 Å². The van der Waals surface area contributed by atoms with Crippen molar-refractivity contribution in [1.82, 2.24) is 0 Å². The average Bonchev–Trinajstić information content (AvgIpc) is 2.36. The molecule has 3 nitrogen and oxygen atoms in total. The Bertz CT molecular complexity index is 468. The van der Waals surface area contributed by atoms with E-state index in [9.17, 15) is 8.42 Å². The van der Waals surface area contributed by atoms with Crippen LogP contribution in [0.1, 0.15) is 20.8 Å². The first-order chi connectivity index (χ1) is 8.36. The molecule has 1 rings (SSSR count). The molecule has 1 aromatic carbocycles. The summed E-state index contributed by atoms with van der Waals surface area (Å²) in [4.78, 5) is 0.363. The van der Waals surface area contributed by atoms with E-state index < -0.39 is 9.84 Å². The summed E-state index contributed by atoms with van der Waals surface area (Å²) in [7, 11) is -3.11. The van der Waals surface area contributed by atoms with Crippen molar-refractivity contribution >= 4 is 27.1 Å². The van der Waals surface area contributed by atoms with Gasteiger partial charge in [-0.3, -0.25) is 0 Å². The Morgan fingerprint density at radius 1 is 1.22 bits per heavy atom. The van der Waals surface area contributed by atoms with Gasteiger partial charge in [0.05, 0.1) is 16.0 Å². The molecule has 0 aliphatic rings. The molecule has 0 saturated heterocycles. The summed E-state index contributed by atoms with van der Waals surface area (Å²) >= 11 is 6.13. The summed E-state index contributed by atoms with van der Waals surface area (Å²) in [5.74, 6) is 0.524. The van der Waals surface area contributed by atoms with Crippen LogP contribution in [0.25, 0.3) is 0 Å². The maximum absolute atomic E-state index is 11.6. The Kier molecular flexibility index (Phi) is 5.47. The summed E-state index contributed by atoms with van der Waals surface area (Å²) in [6, 6.07) is 6.79. The standard InChI is InChI=1S/C13H20ClNO2S/c1-4-18(16,17)12-7-5-11(6-8-12)15-9-13(14)10(2)3/h5-8,10,13,15H,4,9H2,1-3H3. The van der Waals surface area contributed by atoms with Crippen molar-refractivity contribution in [3.8, 4) is 0 Å². The zero-order valence-corrected chi connectivity index (χ0v) is 12.6. The Morgan fingerprint density at radius 2 is 1.78 bits per heavy atom. The van der Waals surface area contributed by atoms with E-state index in [1.165, 1.54) is 0 Å². The van der Waals surface area contributed by atoms with Crippen molar-refractivity contribution < 1.29 is 8.42 Å². The van der Waals surface area contributed by atoms with Crippen LogP contribution in [-0.2, 0) is 9.84 Å². The Balaban J connectivity index is 2.67. The van der Waals surface area contributed by atoms with E-state index in [4.69, 9.17) is 11.6 Å². The first-order valence-electron chi connectivity index (χ1n) is 6.07. The number of benzene rings is 1. The van der Waals surface area contributed by atoms with Crippen LogP contribution in [-0.4, -0.2) is 26.1 Å². The lowest BCUT2D eigenvalue weighted by Gasteiger charge is -2.15. The third kappa shape index (κ3) is 4.18. The second kappa shape index (κ2) is 6.43. The van der Waals surface area contributed by atoms with Gasteiger partial charge in [0, 0.05) is 12.2 Å². The maximum atomic E-state index is 11.6. The lowest BCUT2D eigenvalue weighted by Crippen LogP contribution is -2.19. The molecule has 0 radical (unpaired) electrons.